The van der Waals surface area contributed by atoms with Crippen LogP contribution in [0.1, 0.15) is 28.9 Å². The number of amides is 1. The van der Waals surface area contributed by atoms with Gasteiger partial charge in [0.2, 0.25) is 0 Å². The predicted molar refractivity (Wildman–Crippen MR) is 80.1 cm³/mol. The quantitative estimate of drug-likeness (QED) is 0.850. The van der Waals surface area contributed by atoms with Crippen molar-refractivity contribution in [2.75, 3.05) is 5.32 Å². The molecule has 1 fully saturated rings. The van der Waals surface area contributed by atoms with Gasteiger partial charge in [0.1, 0.15) is 5.03 Å². The fraction of sp³-hybridized carbons (Fsp3) is 0.200. The molecule has 1 amide bonds. The van der Waals surface area contributed by atoms with E-state index < -0.39 is 22.4 Å². The number of nitrogens with one attached hydrogen (secondary N) is 1. The molecule has 1 unspecified atom stereocenters. The smallest absolute Gasteiger partial charge is 0.257 e. The lowest BCUT2D eigenvalue weighted by Crippen LogP contribution is -2.15. The van der Waals surface area contributed by atoms with Crippen molar-refractivity contribution in [1.82, 2.24) is 9.97 Å². The molecule has 0 saturated heterocycles. The average Bonchev–Trinajstić information content (AvgIpc) is 3.36. The summed E-state index contributed by atoms with van der Waals surface area (Å²) in [4.78, 5) is 20.1. The Hall–Kier alpha value is -2.63. The molecule has 0 aromatic carbocycles. The molecule has 23 heavy (non-hydrogen) atoms. The summed E-state index contributed by atoms with van der Waals surface area (Å²) in [5.74, 6) is -0.495. The molecule has 0 aliphatic heterocycles. The van der Waals surface area contributed by atoms with Crippen LogP contribution in [0.25, 0.3) is 0 Å². The normalized spacial score (nSPS) is 16.2. The maximum atomic E-state index is 12.2. The Morgan fingerprint density at radius 3 is 2.70 bits per heavy atom. The lowest BCUT2D eigenvalue weighted by atomic mass is 10.0. The van der Waals surface area contributed by atoms with E-state index in [4.69, 9.17) is 5.26 Å². The number of carbonyl (C=O) groups excluding carboxylic acids is 1. The van der Waals surface area contributed by atoms with Gasteiger partial charge in [0.25, 0.3) is 5.91 Å². The van der Waals surface area contributed by atoms with E-state index in [0.29, 0.717) is 5.69 Å². The van der Waals surface area contributed by atoms with Gasteiger partial charge in [-0.25, -0.2) is 4.98 Å². The topological polar surface area (TPSA) is 119 Å². The first-order valence-electron chi connectivity index (χ1n) is 6.79. The van der Waals surface area contributed by atoms with Gasteiger partial charge >= 0.3 is 0 Å². The largest absolute Gasteiger partial charge is 0.767 e. The van der Waals surface area contributed by atoms with Crippen LogP contribution in [0, 0.1) is 11.3 Å². The number of pyridine rings is 2. The second-order valence-electron chi connectivity index (χ2n) is 5.17. The maximum absolute atomic E-state index is 12.2. The Kier molecular flexibility index (Phi) is 3.90. The van der Waals surface area contributed by atoms with Crippen LogP contribution in [0.5, 0.6) is 0 Å². The predicted octanol–water partition coefficient (Wildman–Crippen LogP) is 1.52. The molecule has 116 valence electrons. The van der Waals surface area contributed by atoms with E-state index in [9.17, 15) is 13.6 Å². The van der Waals surface area contributed by atoms with Crippen LogP contribution in [-0.2, 0) is 16.5 Å². The molecular formula is C15H11N4O3S-. The van der Waals surface area contributed by atoms with Crippen LogP contribution in [0.2, 0.25) is 0 Å². The van der Waals surface area contributed by atoms with E-state index in [2.05, 4.69) is 21.4 Å². The van der Waals surface area contributed by atoms with Crippen LogP contribution in [0.4, 0.5) is 5.69 Å². The van der Waals surface area contributed by atoms with Gasteiger partial charge < -0.3 is 9.87 Å². The first kappa shape index (κ1) is 15.3. The fourth-order valence-electron chi connectivity index (χ4n) is 2.17. The molecule has 2 aromatic rings. The van der Waals surface area contributed by atoms with Crippen LogP contribution in [0.15, 0.2) is 41.7 Å². The summed E-state index contributed by atoms with van der Waals surface area (Å²) >= 11 is -2.55. The summed E-state index contributed by atoms with van der Waals surface area (Å²) in [6, 6.07) is 8.44. The Morgan fingerprint density at radius 2 is 2.13 bits per heavy atom. The van der Waals surface area contributed by atoms with Crippen molar-refractivity contribution < 1.29 is 13.6 Å². The average molecular weight is 327 g/mol. The molecule has 2 heterocycles. The van der Waals surface area contributed by atoms with Crippen molar-refractivity contribution >= 4 is 22.7 Å². The third-order valence-electron chi connectivity index (χ3n) is 3.66. The van der Waals surface area contributed by atoms with E-state index in [-0.39, 0.29) is 16.3 Å². The van der Waals surface area contributed by atoms with Gasteiger partial charge in [-0.15, -0.1) is 0 Å². The first-order chi connectivity index (χ1) is 11.1. The zero-order valence-electron chi connectivity index (χ0n) is 11.9. The summed E-state index contributed by atoms with van der Waals surface area (Å²) in [6.07, 6.45) is 4.26. The monoisotopic (exact) mass is 327 g/mol. The molecule has 2 aromatic heterocycles. The molecule has 8 heteroatoms. The van der Waals surface area contributed by atoms with Crippen LogP contribution >= 0.6 is 0 Å². The van der Waals surface area contributed by atoms with Gasteiger partial charge in [-0.3, -0.25) is 14.0 Å². The molecule has 3 rings (SSSR count). The van der Waals surface area contributed by atoms with E-state index in [1.165, 1.54) is 24.5 Å². The Balaban J connectivity index is 1.79. The zero-order valence-corrected chi connectivity index (χ0v) is 12.7. The SMILES string of the molecule is N#CC1(c2ccc(C(=O)Nc3cccnc3S(=O)[O-])cn2)CC1. The number of rotatable bonds is 4. The molecular weight excluding hydrogens is 316 g/mol. The number of anilines is 1. The van der Waals surface area contributed by atoms with Crippen molar-refractivity contribution in [3.63, 3.8) is 0 Å². The molecule has 1 aliphatic carbocycles. The molecule has 1 N–H and O–H groups in total. The number of nitrogens with zero attached hydrogens (tertiary/aromatic N) is 3. The van der Waals surface area contributed by atoms with E-state index in [0.717, 1.165) is 12.8 Å². The molecule has 0 bridgehead atoms. The van der Waals surface area contributed by atoms with Gasteiger partial charge in [-0.2, -0.15) is 5.26 Å². The van der Waals surface area contributed by atoms with Gasteiger partial charge in [0.05, 0.1) is 28.4 Å². The summed E-state index contributed by atoms with van der Waals surface area (Å²) in [5, 5.41) is 11.4. The Labute approximate surface area is 134 Å². The van der Waals surface area contributed by atoms with Gasteiger partial charge in [-0.1, -0.05) is 0 Å². The summed E-state index contributed by atoms with van der Waals surface area (Å²) in [7, 11) is 0. The van der Waals surface area contributed by atoms with Gasteiger partial charge in [0, 0.05) is 12.4 Å². The lowest BCUT2D eigenvalue weighted by molar-refractivity contribution is 0.102. The number of hydrogen-bond acceptors (Lipinski definition) is 6. The number of carbonyl (C=O) groups is 1. The minimum Gasteiger partial charge on any atom is -0.767 e. The van der Waals surface area contributed by atoms with Crippen LogP contribution < -0.4 is 5.32 Å². The summed E-state index contributed by atoms with van der Waals surface area (Å²) in [5.41, 5.74) is 0.518. The second kappa shape index (κ2) is 5.87. The molecule has 1 aliphatic rings. The maximum Gasteiger partial charge on any atom is 0.257 e. The third kappa shape index (κ3) is 2.97. The Morgan fingerprint density at radius 1 is 1.35 bits per heavy atom. The first-order valence-corrected chi connectivity index (χ1v) is 7.87. The van der Waals surface area contributed by atoms with Crippen molar-refractivity contribution in [3.05, 3.63) is 47.9 Å². The van der Waals surface area contributed by atoms with Crippen molar-refractivity contribution in [1.29, 1.82) is 5.26 Å². The molecule has 1 saturated carbocycles. The van der Waals surface area contributed by atoms with E-state index in [1.807, 2.05) is 0 Å². The van der Waals surface area contributed by atoms with Gasteiger partial charge in [-0.05, 0) is 48.2 Å². The van der Waals surface area contributed by atoms with Crippen molar-refractivity contribution in [2.45, 2.75) is 23.3 Å². The van der Waals surface area contributed by atoms with Crippen LogP contribution in [0.3, 0.4) is 0 Å². The number of hydrogen-bond donors (Lipinski definition) is 1. The van der Waals surface area contributed by atoms with E-state index >= 15 is 0 Å². The van der Waals surface area contributed by atoms with Crippen molar-refractivity contribution in [2.24, 2.45) is 0 Å². The minimum atomic E-state index is -2.55. The van der Waals surface area contributed by atoms with Crippen LogP contribution in [-0.4, -0.2) is 24.6 Å². The number of aromatic nitrogens is 2. The highest BCUT2D eigenvalue weighted by molar-refractivity contribution is 7.79. The molecule has 0 radical (unpaired) electrons. The summed E-state index contributed by atoms with van der Waals surface area (Å²) < 4.78 is 22.2. The minimum absolute atomic E-state index is 0.102. The zero-order chi connectivity index (χ0) is 16.4. The molecule has 7 nitrogen and oxygen atoms in total. The summed E-state index contributed by atoms with van der Waals surface area (Å²) in [6.45, 7) is 0. The van der Waals surface area contributed by atoms with E-state index in [1.54, 1.807) is 12.1 Å². The molecule has 0 spiro atoms. The highest BCUT2D eigenvalue weighted by atomic mass is 32.2. The Bertz CT molecular complexity index is 825. The standard InChI is InChI=1S/C15H12N4O3S/c16-9-15(5-6-15)12-4-3-10(8-18-12)13(20)19-11-2-1-7-17-14(11)23(21)22/h1-4,7-8H,5-6H2,(H,19,20)(H,21,22)/p-1. The van der Waals surface area contributed by atoms with Gasteiger partial charge in [0.15, 0.2) is 0 Å². The third-order valence-corrected chi connectivity index (χ3v) is 4.30. The highest BCUT2D eigenvalue weighted by Gasteiger charge is 2.46. The fourth-order valence-corrected chi connectivity index (χ4v) is 2.62. The second-order valence-corrected chi connectivity index (χ2v) is 6.03. The number of nitriles is 1. The lowest BCUT2D eigenvalue weighted by Gasteiger charge is -2.12. The molecule has 1 atom stereocenters. The van der Waals surface area contributed by atoms with Crippen molar-refractivity contribution in [3.8, 4) is 6.07 Å². The highest BCUT2D eigenvalue weighted by Crippen LogP contribution is 2.46.